The van der Waals surface area contributed by atoms with Gasteiger partial charge < -0.3 is 15.2 Å². The van der Waals surface area contributed by atoms with Crippen LogP contribution in [0.2, 0.25) is 0 Å². The van der Waals surface area contributed by atoms with E-state index in [0.29, 0.717) is 12.0 Å². The molecule has 1 unspecified atom stereocenters. The van der Waals surface area contributed by atoms with Gasteiger partial charge in [0.1, 0.15) is 0 Å². The minimum atomic E-state index is -0.331. The van der Waals surface area contributed by atoms with Crippen LogP contribution in [-0.4, -0.2) is 38.0 Å². The van der Waals surface area contributed by atoms with Crippen molar-refractivity contribution in [3.05, 3.63) is 0 Å². The van der Waals surface area contributed by atoms with Gasteiger partial charge in [0.2, 0.25) is 0 Å². The molecule has 0 saturated heterocycles. The van der Waals surface area contributed by atoms with Crippen LogP contribution in [0, 0.1) is 5.41 Å². The quantitative estimate of drug-likeness (QED) is 0.615. The van der Waals surface area contributed by atoms with E-state index in [2.05, 4.69) is 26.1 Å². The number of aliphatic hydroxyl groups excluding tert-OH is 1. The highest BCUT2D eigenvalue weighted by Gasteiger charge is 2.09. The maximum absolute atomic E-state index is 9.34. The Morgan fingerprint density at radius 3 is 2.43 bits per heavy atom. The van der Waals surface area contributed by atoms with Gasteiger partial charge in [-0.3, -0.25) is 0 Å². The second-order valence-corrected chi connectivity index (χ2v) is 4.96. The minimum absolute atomic E-state index is 0.331. The molecule has 0 aromatic heterocycles. The monoisotopic (exact) mass is 203 g/mol. The van der Waals surface area contributed by atoms with Crippen molar-refractivity contribution in [3.63, 3.8) is 0 Å². The second kappa shape index (κ2) is 7.21. The van der Waals surface area contributed by atoms with Crippen molar-refractivity contribution in [1.29, 1.82) is 0 Å². The molecule has 0 rings (SSSR count). The first-order valence-electron chi connectivity index (χ1n) is 5.33. The van der Waals surface area contributed by atoms with Crippen LogP contribution in [0.1, 0.15) is 33.6 Å². The van der Waals surface area contributed by atoms with Crippen LogP contribution in [0.5, 0.6) is 0 Å². The van der Waals surface area contributed by atoms with Gasteiger partial charge in [-0.05, 0) is 31.3 Å². The lowest BCUT2D eigenvalue weighted by Gasteiger charge is -2.18. The minimum Gasteiger partial charge on any atom is -0.391 e. The van der Waals surface area contributed by atoms with Gasteiger partial charge in [0.05, 0.1) is 12.7 Å². The van der Waals surface area contributed by atoms with E-state index in [0.717, 1.165) is 25.9 Å². The van der Waals surface area contributed by atoms with Crippen LogP contribution < -0.4 is 5.32 Å². The summed E-state index contributed by atoms with van der Waals surface area (Å²) >= 11 is 0. The molecular weight excluding hydrogens is 178 g/mol. The van der Waals surface area contributed by atoms with Gasteiger partial charge in [0.25, 0.3) is 0 Å². The van der Waals surface area contributed by atoms with Crippen molar-refractivity contribution in [2.24, 2.45) is 5.41 Å². The summed E-state index contributed by atoms with van der Waals surface area (Å²) in [6, 6.07) is 0. The Kier molecular flexibility index (Phi) is 7.15. The Bertz CT molecular complexity index is 132. The molecule has 3 heteroatoms. The van der Waals surface area contributed by atoms with Crippen LogP contribution in [0.25, 0.3) is 0 Å². The van der Waals surface area contributed by atoms with E-state index in [1.54, 1.807) is 7.11 Å². The number of rotatable bonds is 7. The molecule has 0 radical (unpaired) electrons. The molecule has 0 fully saturated rings. The van der Waals surface area contributed by atoms with Gasteiger partial charge in [-0.15, -0.1) is 0 Å². The lowest BCUT2D eigenvalue weighted by atomic mass is 9.92. The van der Waals surface area contributed by atoms with Crippen molar-refractivity contribution in [1.82, 2.24) is 5.32 Å². The number of methoxy groups -OCH3 is 1. The molecule has 14 heavy (non-hydrogen) atoms. The summed E-state index contributed by atoms with van der Waals surface area (Å²) in [6.07, 6.45) is 1.59. The van der Waals surface area contributed by atoms with E-state index in [9.17, 15) is 5.11 Å². The standard InChI is InChI=1S/C11H25NO2/c1-11(2,3)6-8-12-7-5-10(13)9-14-4/h10,12-13H,5-9H2,1-4H3. The van der Waals surface area contributed by atoms with E-state index in [1.807, 2.05) is 0 Å². The van der Waals surface area contributed by atoms with Crippen LogP contribution in [-0.2, 0) is 4.74 Å². The van der Waals surface area contributed by atoms with Gasteiger partial charge >= 0.3 is 0 Å². The van der Waals surface area contributed by atoms with E-state index in [1.165, 1.54) is 0 Å². The molecule has 0 aromatic carbocycles. The molecule has 0 saturated carbocycles. The first kappa shape index (κ1) is 13.9. The second-order valence-electron chi connectivity index (χ2n) is 4.96. The average molecular weight is 203 g/mol. The van der Waals surface area contributed by atoms with Crippen molar-refractivity contribution in [2.45, 2.75) is 39.7 Å². The molecule has 2 N–H and O–H groups in total. The molecular formula is C11H25NO2. The summed E-state index contributed by atoms with van der Waals surface area (Å²) in [5, 5.41) is 12.7. The Labute approximate surface area is 87.8 Å². The maximum atomic E-state index is 9.34. The summed E-state index contributed by atoms with van der Waals surface area (Å²) in [4.78, 5) is 0. The highest BCUT2D eigenvalue weighted by atomic mass is 16.5. The molecule has 0 aliphatic heterocycles. The van der Waals surface area contributed by atoms with E-state index < -0.39 is 0 Å². The molecule has 0 aromatic rings. The number of ether oxygens (including phenoxy) is 1. The third-order valence-corrected chi connectivity index (χ3v) is 2.07. The first-order valence-corrected chi connectivity index (χ1v) is 5.33. The lowest BCUT2D eigenvalue weighted by molar-refractivity contribution is 0.0594. The number of nitrogens with one attached hydrogen (secondary N) is 1. The lowest BCUT2D eigenvalue weighted by Crippen LogP contribution is -2.26. The van der Waals surface area contributed by atoms with Gasteiger partial charge in [-0.25, -0.2) is 0 Å². The first-order chi connectivity index (χ1) is 6.45. The van der Waals surface area contributed by atoms with Crippen molar-refractivity contribution < 1.29 is 9.84 Å². The zero-order valence-electron chi connectivity index (χ0n) is 9.97. The van der Waals surface area contributed by atoms with Crippen LogP contribution in [0.15, 0.2) is 0 Å². The summed E-state index contributed by atoms with van der Waals surface area (Å²) in [5.74, 6) is 0. The number of aliphatic hydroxyl groups is 1. The van der Waals surface area contributed by atoms with Crippen LogP contribution in [0.4, 0.5) is 0 Å². The Morgan fingerprint density at radius 1 is 1.29 bits per heavy atom. The fourth-order valence-electron chi connectivity index (χ4n) is 1.13. The van der Waals surface area contributed by atoms with E-state index in [4.69, 9.17) is 4.74 Å². The zero-order valence-corrected chi connectivity index (χ0v) is 9.97. The normalized spacial score (nSPS) is 14.4. The molecule has 0 aliphatic carbocycles. The Hall–Kier alpha value is -0.120. The molecule has 0 bridgehead atoms. The van der Waals surface area contributed by atoms with E-state index in [-0.39, 0.29) is 6.10 Å². The summed E-state index contributed by atoms with van der Waals surface area (Å²) < 4.78 is 4.84. The molecule has 0 heterocycles. The summed E-state index contributed by atoms with van der Waals surface area (Å²) in [6.45, 7) is 9.00. The molecule has 1 atom stereocenters. The smallest absolute Gasteiger partial charge is 0.0785 e. The van der Waals surface area contributed by atoms with Gasteiger partial charge in [-0.1, -0.05) is 20.8 Å². The van der Waals surface area contributed by atoms with Gasteiger partial charge in [-0.2, -0.15) is 0 Å². The van der Waals surface area contributed by atoms with Gasteiger partial charge in [0.15, 0.2) is 0 Å². The largest absolute Gasteiger partial charge is 0.391 e. The summed E-state index contributed by atoms with van der Waals surface area (Å²) in [7, 11) is 1.61. The zero-order chi connectivity index (χ0) is 11.0. The Balaban J connectivity index is 3.21. The van der Waals surface area contributed by atoms with Crippen molar-refractivity contribution >= 4 is 0 Å². The average Bonchev–Trinajstić information content (AvgIpc) is 2.02. The third kappa shape index (κ3) is 9.96. The Morgan fingerprint density at radius 2 is 1.93 bits per heavy atom. The number of hydrogen-bond acceptors (Lipinski definition) is 3. The highest BCUT2D eigenvalue weighted by molar-refractivity contribution is 4.64. The molecule has 0 spiro atoms. The fraction of sp³-hybridized carbons (Fsp3) is 1.00. The predicted molar refractivity (Wildman–Crippen MR) is 59.4 cm³/mol. The molecule has 0 amide bonds. The van der Waals surface area contributed by atoms with Gasteiger partial charge in [0, 0.05) is 7.11 Å². The fourth-order valence-corrected chi connectivity index (χ4v) is 1.13. The molecule has 3 nitrogen and oxygen atoms in total. The predicted octanol–water partition coefficient (Wildman–Crippen LogP) is 1.41. The molecule has 86 valence electrons. The summed E-state index contributed by atoms with van der Waals surface area (Å²) in [5.41, 5.74) is 0.387. The van der Waals surface area contributed by atoms with Crippen LogP contribution >= 0.6 is 0 Å². The number of hydrogen-bond donors (Lipinski definition) is 2. The SMILES string of the molecule is COCC(O)CCNCCC(C)(C)C. The molecule has 0 aliphatic rings. The van der Waals surface area contributed by atoms with Crippen molar-refractivity contribution in [2.75, 3.05) is 26.8 Å². The maximum Gasteiger partial charge on any atom is 0.0785 e. The van der Waals surface area contributed by atoms with Crippen LogP contribution in [0.3, 0.4) is 0 Å². The van der Waals surface area contributed by atoms with E-state index >= 15 is 0 Å². The third-order valence-electron chi connectivity index (χ3n) is 2.07. The topological polar surface area (TPSA) is 41.5 Å². The van der Waals surface area contributed by atoms with Crippen molar-refractivity contribution in [3.8, 4) is 0 Å². The highest BCUT2D eigenvalue weighted by Crippen LogP contribution is 2.16.